The van der Waals surface area contributed by atoms with Crippen molar-refractivity contribution in [3.63, 3.8) is 0 Å². The second-order valence-corrected chi connectivity index (χ2v) is 24.8. The monoisotopic (exact) mass is 892 g/mol. The van der Waals surface area contributed by atoms with Crippen molar-refractivity contribution in [1.82, 2.24) is 0 Å². The molecular weight excluding hydrogens is 845 g/mol. The molecule has 1 aliphatic heterocycles. The van der Waals surface area contributed by atoms with Crippen LogP contribution in [0.3, 0.4) is 0 Å². The Bertz CT molecular complexity index is 3620. The van der Waals surface area contributed by atoms with Crippen LogP contribution in [0.1, 0.15) is 0 Å². The zero-order valence-corrected chi connectivity index (χ0v) is 39.6. The highest BCUT2D eigenvalue weighted by Gasteiger charge is 2.23. The third kappa shape index (κ3) is 7.58. The Morgan fingerprint density at radius 2 is 0.821 bits per heavy atom. The molecule has 0 saturated carbocycles. The Morgan fingerprint density at radius 3 is 1.49 bits per heavy atom. The van der Waals surface area contributed by atoms with E-state index in [0.29, 0.717) is 0 Å². The second kappa shape index (κ2) is 16.7. The molecule has 0 bridgehead atoms. The van der Waals surface area contributed by atoms with E-state index >= 15 is 0 Å². The summed E-state index contributed by atoms with van der Waals surface area (Å²) < 4.78 is 0. The van der Waals surface area contributed by atoms with E-state index < -0.39 is 8.07 Å². The fourth-order valence-corrected chi connectivity index (χ4v) is 12.2. The number of hydrogen-bond donors (Lipinski definition) is 0. The molecule has 4 heteroatoms. The van der Waals surface area contributed by atoms with Gasteiger partial charge in [-0.3, -0.25) is 0 Å². The van der Waals surface area contributed by atoms with Crippen molar-refractivity contribution >= 4 is 91.5 Å². The smallest absolute Gasteiger partial charge is 0.0775 e. The van der Waals surface area contributed by atoms with Crippen LogP contribution in [0, 0.1) is 0 Å². The van der Waals surface area contributed by atoms with Gasteiger partial charge in [0.15, 0.2) is 0 Å². The molecule has 0 spiro atoms. The van der Waals surface area contributed by atoms with Crippen molar-refractivity contribution in [1.29, 1.82) is 0 Å². The minimum absolute atomic E-state index is 1.12. The van der Waals surface area contributed by atoms with Gasteiger partial charge in [0.1, 0.15) is 0 Å². The van der Waals surface area contributed by atoms with Gasteiger partial charge in [-0.1, -0.05) is 176 Å². The predicted octanol–water partition coefficient (Wildman–Crippen LogP) is 18.1. The lowest BCUT2D eigenvalue weighted by Crippen LogP contribution is -2.37. The molecule has 320 valence electrons. The maximum Gasteiger partial charge on any atom is 0.0775 e. The number of nitrogens with zero attached hydrogens (tertiary/aromatic N) is 2. The van der Waals surface area contributed by atoms with Gasteiger partial charge in [0.25, 0.3) is 0 Å². The van der Waals surface area contributed by atoms with E-state index in [1.807, 2.05) is 11.8 Å². The van der Waals surface area contributed by atoms with Gasteiger partial charge in [-0.25, -0.2) is 0 Å². The van der Waals surface area contributed by atoms with E-state index in [1.165, 1.54) is 86.4 Å². The molecule has 0 radical (unpaired) electrons. The molecule has 0 aliphatic carbocycles. The standard InChI is InChI=1S/C63H48N2SSi/c1-67(2,3)56-35-33-53(34-36-56)65(51-18-11-6-12-19-51)55-32-27-49-40-60-57-37-28-48(41-62(57)66-61-21-13-20-58(63(60)61)59(49)42-55)45-22-23-47-39-54(31-26-46(47)38-45)64(50-16-9-5-10-17-50)52-29-24-44(25-30-52)43-14-7-4-8-15-43/h4-42H,1-3H3. The van der Waals surface area contributed by atoms with Gasteiger partial charge in [-0.2, -0.15) is 0 Å². The van der Waals surface area contributed by atoms with Crippen LogP contribution in [0.25, 0.3) is 65.7 Å². The summed E-state index contributed by atoms with van der Waals surface area (Å²) in [7, 11) is -1.43. The number of fused-ring (bicyclic) bond motifs is 5. The fourth-order valence-electron chi connectivity index (χ4n) is 9.87. The first kappa shape index (κ1) is 40.8. The summed E-state index contributed by atoms with van der Waals surface area (Å²) in [6.07, 6.45) is 0. The van der Waals surface area contributed by atoms with E-state index in [2.05, 4.69) is 266 Å². The van der Waals surface area contributed by atoms with E-state index in [0.717, 1.165) is 28.4 Å². The lowest BCUT2D eigenvalue weighted by Gasteiger charge is -2.27. The molecule has 0 fully saturated rings. The lowest BCUT2D eigenvalue weighted by atomic mass is 9.91. The van der Waals surface area contributed by atoms with Crippen LogP contribution in [0.15, 0.2) is 246 Å². The molecule has 0 N–H and O–H groups in total. The molecule has 11 aromatic carbocycles. The first-order valence-electron chi connectivity index (χ1n) is 23.1. The number of hydrogen-bond acceptors (Lipinski definition) is 3. The maximum atomic E-state index is 2.42. The molecule has 1 heterocycles. The van der Waals surface area contributed by atoms with Crippen molar-refractivity contribution in [2.24, 2.45) is 0 Å². The Hall–Kier alpha value is -7.63. The number of benzene rings is 11. The van der Waals surface area contributed by atoms with Gasteiger partial charge in [0.05, 0.1) is 8.07 Å². The van der Waals surface area contributed by atoms with Gasteiger partial charge < -0.3 is 9.80 Å². The SMILES string of the molecule is C[Si](C)(C)c1ccc(N(c2ccccc2)c2ccc3cc4c5c(cccc5c3c2)Sc2cc(-c3ccc5cc(N(c6ccccc6)c6ccc(-c7ccccc7)cc6)ccc5c3)ccc2-4)cc1. The Morgan fingerprint density at radius 1 is 0.313 bits per heavy atom. The van der Waals surface area contributed by atoms with Crippen molar-refractivity contribution in [2.45, 2.75) is 29.4 Å². The summed E-state index contributed by atoms with van der Waals surface area (Å²) in [5, 5.41) is 9.03. The second-order valence-electron chi connectivity index (χ2n) is 18.6. The summed E-state index contributed by atoms with van der Waals surface area (Å²) in [6.45, 7) is 7.23. The molecule has 1 aliphatic rings. The molecule has 67 heavy (non-hydrogen) atoms. The normalized spacial score (nSPS) is 12.0. The molecule has 11 aromatic rings. The average Bonchev–Trinajstić information content (AvgIpc) is 3.37. The third-order valence-corrected chi connectivity index (χ3v) is 16.5. The average molecular weight is 893 g/mol. The Balaban J connectivity index is 0.878. The molecule has 12 rings (SSSR count). The zero-order valence-electron chi connectivity index (χ0n) is 37.8. The van der Waals surface area contributed by atoms with Gasteiger partial charge in [0, 0.05) is 49.3 Å². The highest BCUT2D eigenvalue weighted by atomic mass is 32.2. The van der Waals surface area contributed by atoms with E-state index in [9.17, 15) is 0 Å². The first-order valence-corrected chi connectivity index (χ1v) is 27.5. The van der Waals surface area contributed by atoms with Gasteiger partial charge in [0.2, 0.25) is 0 Å². The third-order valence-electron chi connectivity index (χ3n) is 13.3. The van der Waals surface area contributed by atoms with Crippen molar-refractivity contribution in [2.75, 3.05) is 9.80 Å². The summed E-state index contributed by atoms with van der Waals surface area (Å²) in [5.74, 6) is 0. The number of rotatable bonds is 9. The Kier molecular flexibility index (Phi) is 10.2. The van der Waals surface area contributed by atoms with Crippen molar-refractivity contribution < 1.29 is 0 Å². The summed E-state index contributed by atoms with van der Waals surface area (Å²) in [5.41, 5.74) is 14.3. The minimum Gasteiger partial charge on any atom is -0.310 e. The quantitative estimate of drug-likeness (QED) is 0.105. The summed E-state index contributed by atoms with van der Waals surface area (Å²) in [6, 6.07) is 87.2. The molecule has 0 aromatic heterocycles. The summed E-state index contributed by atoms with van der Waals surface area (Å²) in [4.78, 5) is 7.33. The van der Waals surface area contributed by atoms with E-state index in [-0.39, 0.29) is 0 Å². The fraction of sp³-hybridized carbons (Fsp3) is 0.0476. The van der Waals surface area contributed by atoms with Crippen LogP contribution in [0.2, 0.25) is 19.6 Å². The minimum atomic E-state index is -1.43. The number of anilines is 6. The summed E-state index contributed by atoms with van der Waals surface area (Å²) >= 11 is 1.89. The Labute approximate surface area is 398 Å². The first-order chi connectivity index (χ1) is 32.8. The van der Waals surface area contributed by atoms with Crippen LogP contribution in [0.4, 0.5) is 34.1 Å². The number of para-hydroxylation sites is 2. The van der Waals surface area contributed by atoms with Crippen molar-refractivity contribution in [3.8, 4) is 33.4 Å². The van der Waals surface area contributed by atoms with Gasteiger partial charge >= 0.3 is 0 Å². The van der Waals surface area contributed by atoms with Gasteiger partial charge in [-0.15, -0.1) is 0 Å². The highest BCUT2D eigenvalue weighted by molar-refractivity contribution is 7.99. The van der Waals surface area contributed by atoms with E-state index in [4.69, 9.17) is 0 Å². The zero-order chi connectivity index (χ0) is 45.1. The molecule has 0 unspecified atom stereocenters. The highest BCUT2D eigenvalue weighted by Crippen LogP contribution is 2.51. The van der Waals surface area contributed by atoms with Crippen LogP contribution in [-0.2, 0) is 0 Å². The maximum absolute atomic E-state index is 2.42. The van der Waals surface area contributed by atoms with Crippen LogP contribution >= 0.6 is 11.8 Å². The van der Waals surface area contributed by atoms with Crippen LogP contribution < -0.4 is 15.0 Å². The van der Waals surface area contributed by atoms with Gasteiger partial charge in [-0.05, 0) is 157 Å². The molecule has 0 amide bonds. The molecule has 0 saturated heterocycles. The van der Waals surface area contributed by atoms with Crippen LogP contribution in [-0.4, -0.2) is 8.07 Å². The predicted molar refractivity (Wildman–Crippen MR) is 292 cm³/mol. The van der Waals surface area contributed by atoms with Crippen LogP contribution in [0.5, 0.6) is 0 Å². The molecule has 2 nitrogen and oxygen atoms in total. The molecular formula is C63H48N2SSi. The largest absolute Gasteiger partial charge is 0.310 e. The van der Waals surface area contributed by atoms with Crippen molar-refractivity contribution in [3.05, 3.63) is 237 Å². The topological polar surface area (TPSA) is 6.48 Å². The lowest BCUT2D eigenvalue weighted by molar-refractivity contribution is 1.29. The van der Waals surface area contributed by atoms with E-state index in [1.54, 1.807) is 0 Å². The molecule has 0 atom stereocenters.